The summed E-state index contributed by atoms with van der Waals surface area (Å²) in [6, 6.07) is 5.06. The molecule has 0 saturated heterocycles. The van der Waals surface area contributed by atoms with Crippen LogP contribution in [0.1, 0.15) is 20.8 Å². The number of amides is 1. The summed E-state index contributed by atoms with van der Waals surface area (Å²) in [5, 5.41) is 17.0. The molecule has 0 fully saturated rings. The first-order chi connectivity index (χ1) is 15.0. The highest BCUT2D eigenvalue weighted by Gasteiger charge is 2.21. The summed E-state index contributed by atoms with van der Waals surface area (Å²) in [5.41, 5.74) is 1.30. The first kappa shape index (κ1) is 23.0. The number of benzene rings is 1. The summed E-state index contributed by atoms with van der Waals surface area (Å²) >= 11 is 7.33. The van der Waals surface area contributed by atoms with Crippen molar-refractivity contribution in [2.75, 3.05) is 24.8 Å². The molecule has 0 aliphatic carbocycles. The minimum absolute atomic E-state index is 0.153. The Hall–Kier alpha value is -2.72. The molecule has 3 aromatic rings. The quantitative estimate of drug-likeness (QED) is 0.453. The molecule has 0 bridgehead atoms. The minimum atomic E-state index is -0.202. The van der Waals surface area contributed by atoms with Crippen LogP contribution in [0.25, 0.3) is 11.4 Å². The van der Waals surface area contributed by atoms with Gasteiger partial charge in [0.05, 0.1) is 25.2 Å². The topological polar surface area (TPSA) is 96.1 Å². The Morgan fingerprint density at radius 3 is 2.71 bits per heavy atom. The van der Waals surface area contributed by atoms with Gasteiger partial charge in [-0.3, -0.25) is 9.48 Å². The number of rotatable bonds is 10. The van der Waals surface area contributed by atoms with E-state index < -0.39 is 0 Å². The standard InChI is InChI=1S/C20H25ClN6O3S/c1-5-26-11-14(19(25-26)30-7-3)18-23-24-20(27(18)6-2)31-12-17(28)22-15-10-13(21)8-9-16(15)29-4/h8-11H,5-7,12H2,1-4H3,(H,22,28). The maximum absolute atomic E-state index is 12.5. The fraction of sp³-hybridized carbons (Fsp3) is 0.400. The van der Waals surface area contributed by atoms with Gasteiger partial charge in [-0.15, -0.1) is 15.3 Å². The van der Waals surface area contributed by atoms with Crippen LogP contribution in [0.15, 0.2) is 29.6 Å². The number of hydrogen-bond donors (Lipinski definition) is 1. The Balaban J connectivity index is 1.76. The molecular weight excluding hydrogens is 440 g/mol. The van der Waals surface area contributed by atoms with Crippen molar-refractivity contribution < 1.29 is 14.3 Å². The minimum Gasteiger partial charge on any atom is -0.495 e. The number of ether oxygens (including phenoxy) is 2. The molecule has 2 aromatic heterocycles. The molecule has 0 radical (unpaired) electrons. The third kappa shape index (κ3) is 5.31. The Morgan fingerprint density at radius 2 is 2.03 bits per heavy atom. The third-order valence-corrected chi connectivity index (χ3v) is 5.58. The van der Waals surface area contributed by atoms with E-state index in [1.807, 2.05) is 31.5 Å². The van der Waals surface area contributed by atoms with Gasteiger partial charge in [0.25, 0.3) is 0 Å². The van der Waals surface area contributed by atoms with Crippen LogP contribution in [-0.2, 0) is 17.9 Å². The van der Waals surface area contributed by atoms with E-state index in [4.69, 9.17) is 21.1 Å². The molecule has 11 heteroatoms. The number of methoxy groups -OCH3 is 1. The maximum atomic E-state index is 12.5. The van der Waals surface area contributed by atoms with Crippen LogP contribution in [0, 0.1) is 0 Å². The van der Waals surface area contributed by atoms with Crippen molar-refractivity contribution in [1.29, 1.82) is 0 Å². The van der Waals surface area contributed by atoms with Crippen molar-refractivity contribution >= 4 is 35.0 Å². The largest absolute Gasteiger partial charge is 0.495 e. The zero-order valence-electron chi connectivity index (χ0n) is 17.9. The Bertz CT molecular complexity index is 1050. The second kappa shape index (κ2) is 10.5. The van der Waals surface area contributed by atoms with Gasteiger partial charge >= 0.3 is 0 Å². The lowest BCUT2D eigenvalue weighted by molar-refractivity contribution is -0.113. The highest BCUT2D eigenvalue weighted by atomic mass is 35.5. The molecule has 0 spiro atoms. The summed E-state index contributed by atoms with van der Waals surface area (Å²) < 4.78 is 14.7. The van der Waals surface area contributed by atoms with Gasteiger partial charge < -0.3 is 19.4 Å². The fourth-order valence-corrected chi connectivity index (χ4v) is 3.91. The summed E-state index contributed by atoms with van der Waals surface area (Å²) in [5.74, 6) is 1.67. The predicted octanol–water partition coefficient (Wildman–Crippen LogP) is 3.97. The van der Waals surface area contributed by atoms with E-state index in [-0.39, 0.29) is 11.7 Å². The Morgan fingerprint density at radius 1 is 1.23 bits per heavy atom. The average molecular weight is 465 g/mol. The number of nitrogens with zero attached hydrogens (tertiary/aromatic N) is 5. The summed E-state index contributed by atoms with van der Waals surface area (Å²) in [7, 11) is 1.54. The van der Waals surface area contributed by atoms with Gasteiger partial charge in [0.1, 0.15) is 11.3 Å². The molecule has 31 heavy (non-hydrogen) atoms. The van der Waals surface area contributed by atoms with Crippen LogP contribution < -0.4 is 14.8 Å². The predicted molar refractivity (Wildman–Crippen MR) is 121 cm³/mol. The van der Waals surface area contributed by atoms with Crippen molar-refractivity contribution in [1.82, 2.24) is 24.5 Å². The van der Waals surface area contributed by atoms with Crippen molar-refractivity contribution in [3.05, 3.63) is 29.4 Å². The summed E-state index contributed by atoms with van der Waals surface area (Å²) in [6.07, 6.45) is 1.90. The third-order valence-electron chi connectivity index (χ3n) is 4.37. The number of thioether (sulfide) groups is 1. The number of hydrogen-bond acceptors (Lipinski definition) is 7. The molecule has 0 saturated carbocycles. The molecule has 1 aromatic carbocycles. The number of nitrogens with one attached hydrogen (secondary N) is 1. The highest BCUT2D eigenvalue weighted by Crippen LogP contribution is 2.31. The van der Waals surface area contributed by atoms with Gasteiger partial charge in [-0.2, -0.15) is 0 Å². The lowest BCUT2D eigenvalue weighted by Crippen LogP contribution is -2.15. The number of anilines is 1. The SMILES string of the molecule is CCOc1nn(CC)cc1-c1nnc(SCC(=O)Nc2cc(Cl)ccc2OC)n1CC. The zero-order chi connectivity index (χ0) is 22.4. The van der Waals surface area contributed by atoms with E-state index in [0.717, 1.165) is 12.1 Å². The number of carbonyl (C=O) groups is 1. The smallest absolute Gasteiger partial charge is 0.243 e. The van der Waals surface area contributed by atoms with Crippen molar-refractivity contribution in [2.24, 2.45) is 0 Å². The van der Waals surface area contributed by atoms with Crippen molar-refractivity contribution in [2.45, 2.75) is 39.0 Å². The number of aryl methyl sites for hydroxylation is 1. The van der Waals surface area contributed by atoms with Crippen LogP contribution in [-0.4, -0.2) is 49.9 Å². The van der Waals surface area contributed by atoms with Crippen LogP contribution in [0.2, 0.25) is 5.02 Å². The normalized spacial score (nSPS) is 10.9. The van der Waals surface area contributed by atoms with Gasteiger partial charge in [-0.25, -0.2) is 0 Å². The lowest BCUT2D eigenvalue weighted by Gasteiger charge is -2.11. The van der Waals surface area contributed by atoms with Gasteiger partial charge in [0.15, 0.2) is 11.0 Å². The second-order valence-electron chi connectivity index (χ2n) is 6.37. The molecule has 9 nitrogen and oxygen atoms in total. The van der Waals surface area contributed by atoms with E-state index in [9.17, 15) is 4.79 Å². The van der Waals surface area contributed by atoms with E-state index in [1.165, 1.54) is 18.9 Å². The first-order valence-electron chi connectivity index (χ1n) is 9.90. The van der Waals surface area contributed by atoms with Gasteiger partial charge in [0, 0.05) is 24.3 Å². The molecular formula is C20H25ClN6O3S. The summed E-state index contributed by atoms with van der Waals surface area (Å²) in [4.78, 5) is 12.5. The van der Waals surface area contributed by atoms with Gasteiger partial charge in [0.2, 0.25) is 11.8 Å². The number of carbonyl (C=O) groups excluding carboxylic acids is 1. The van der Waals surface area contributed by atoms with Gasteiger partial charge in [-0.1, -0.05) is 23.4 Å². The highest BCUT2D eigenvalue weighted by molar-refractivity contribution is 7.99. The molecule has 3 rings (SSSR count). The van der Waals surface area contributed by atoms with Crippen molar-refractivity contribution in [3.63, 3.8) is 0 Å². The summed E-state index contributed by atoms with van der Waals surface area (Å²) in [6.45, 7) is 7.77. The first-order valence-corrected chi connectivity index (χ1v) is 11.3. The average Bonchev–Trinajstić information content (AvgIpc) is 3.35. The zero-order valence-corrected chi connectivity index (χ0v) is 19.5. The maximum Gasteiger partial charge on any atom is 0.243 e. The van der Waals surface area contributed by atoms with Crippen LogP contribution in [0.3, 0.4) is 0 Å². The fourth-order valence-electron chi connectivity index (χ4n) is 2.94. The second-order valence-corrected chi connectivity index (χ2v) is 7.75. The van der Waals surface area contributed by atoms with Crippen molar-refractivity contribution in [3.8, 4) is 23.0 Å². The molecule has 0 unspecified atom stereocenters. The van der Waals surface area contributed by atoms with E-state index >= 15 is 0 Å². The van der Waals surface area contributed by atoms with Crippen LogP contribution in [0.4, 0.5) is 5.69 Å². The number of halogens is 1. The van der Waals surface area contributed by atoms with Gasteiger partial charge in [-0.05, 0) is 39.0 Å². The lowest BCUT2D eigenvalue weighted by atomic mass is 10.3. The van der Waals surface area contributed by atoms with E-state index in [0.29, 0.717) is 46.5 Å². The van der Waals surface area contributed by atoms with E-state index in [1.54, 1.807) is 22.9 Å². The Labute approximate surface area is 190 Å². The van der Waals surface area contributed by atoms with Crippen LogP contribution >= 0.6 is 23.4 Å². The van der Waals surface area contributed by atoms with E-state index in [2.05, 4.69) is 20.6 Å². The molecule has 0 aliphatic heterocycles. The molecule has 0 aliphatic rings. The molecule has 166 valence electrons. The number of aromatic nitrogens is 5. The Kier molecular flexibility index (Phi) is 7.80. The van der Waals surface area contributed by atoms with Crippen LogP contribution in [0.5, 0.6) is 11.6 Å². The monoisotopic (exact) mass is 464 g/mol. The molecule has 1 amide bonds. The molecule has 1 N–H and O–H groups in total. The molecule has 2 heterocycles. The molecule has 0 atom stereocenters.